The van der Waals surface area contributed by atoms with Gasteiger partial charge in [-0.25, -0.2) is 4.98 Å². The smallest absolute Gasteiger partial charge is 0.188 e. The Labute approximate surface area is 111 Å². The van der Waals surface area contributed by atoms with Crippen molar-refractivity contribution in [1.29, 1.82) is 0 Å². The van der Waals surface area contributed by atoms with Crippen molar-refractivity contribution >= 4 is 11.0 Å². The Balaban J connectivity index is 1.96. The van der Waals surface area contributed by atoms with Crippen molar-refractivity contribution in [2.75, 3.05) is 13.9 Å². The first-order valence-corrected chi connectivity index (χ1v) is 6.04. The summed E-state index contributed by atoms with van der Waals surface area (Å²) < 4.78 is 10.3. The van der Waals surface area contributed by atoms with Crippen molar-refractivity contribution in [1.82, 2.24) is 9.97 Å². The molecule has 19 heavy (non-hydrogen) atoms. The fraction of sp³-hybridized carbons (Fsp3) is 0.133. The van der Waals surface area contributed by atoms with Gasteiger partial charge in [0.2, 0.25) is 0 Å². The number of para-hydroxylation sites is 2. The van der Waals surface area contributed by atoms with Crippen LogP contribution >= 0.6 is 0 Å². The maximum Gasteiger partial charge on any atom is 0.188 e. The molecule has 0 radical (unpaired) electrons. The molecule has 96 valence electrons. The van der Waals surface area contributed by atoms with Gasteiger partial charge in [0.05, 0.1) is 11.0 Å². The highest BCUT2D eigenvalue weighted by atomic mass is 16.7. The molecule has 0 bridgehead atoms. The predicted molar refractivity (Wildman–Crippen MR) is 74.0 cm³/mol. The molecule has 3 aromatic rings. The third kappa shape index (κ3) is 2.44. The number of nitrogens with zero attached hydrogens (tertiary/aromatic N) is 1. The van der Waals surface area contributed by atoms with Crippen molar-refractivity contribution < 1.29 is 9.47 Å². The van der Waals surface area contributed by atoms with Crippen molar-refractivity contribution in [3.63, 3.8) is 0 Å². The Bertz CT molecular complexity index is 658. The predicted octanol–water partition coefficient (Wildman–Crippen LogP) is 3.21. The van der Waals surface area contributed by atoms with Gasteiger partial charge in [0.1, 0.15) is 11.6 Å². The topological polar surface area (TPSA) is 47.1 Å². The third-order valence-corrected chi connectivity index (χ3v) is 2.84. The number of hydrogen-bond acceptors (Lipinski definition) is 3. The molecule has 2 aromatic carbocycles. The number of methoxy groups -OCH3 is 1. The number of nitrogens with one attached hydrogen (secondary N) is 1. The van der Waals surface area contributed by atoms with Crippen molar-refractivity contribution in [2.24, 2.45) is 0 Å². The molecular weight excluding hydrogens is 240 g/mol. The quantitative estimate of drug-likeness (QED) is 0.727. The Hall–Kier alpha value is -2.33. The molecule has 4 heteroatoms. The molecule has 4 nitrogen and oxygen atoms in total. The largest absolute Gasteiger partial charge is 0.468 e. The van der Waals surface area contributed by atoms with Gasteiger partial charge in [0, 0.05) is 12.7 Å². The van der Waals surface area contributed by atoms with Crippen LogP contribution in [-0.2, 0) is 4.74 Å². The van der Waals surface area contributed by atoms with Gasteiger partial charge in [-0.05, 0) is 24.3 Å². The van der Waals surface area contributed by atoms with E-state index in [1.54, 1.807) is 7.11 Å². The molecule has 0 fully saturated rings. The fourth-order valence-electron chi connectivity index (χ4n) is 1.95. The van der Waals surface area contributed by atoms with Gasteiger partial charge in [0.15, 0.2) is 6.79 Å². The molecule has 3 rings (SSSR count). The molecule has 0 aliphatic rings. The van der Waals surface area contributed by atoms with E-state index in [4.69, 9.17) is 9.47 Å². The van der Waals surface area contributed by atoms with E-state index < -0.39 is 0 Å². The minimum atomic E-state index is 0.240. The maximum atomic E-state index is 5.43. The summed E-state index contributed by atoms with van der Waals surface area (Å²) in [6, 6.07) is 15.7. The minimum Gasteiger partial charge on any atom is -0.468 e. The van der Waals surface area contributed by atoms with Crippen molar-refractivity contribution in [3.05, 3.63) is 48.5 Å². The number of imidazole rings is 1. The Morgan fingerprint density at radius 1 is 1.11 bits per heavy atom. The first kappa shape index (κ1) is 11.7. The molecule has 0 saturated carbocycles. The van der Waals surface area contributed by atoms with Gasteiger partial charge >= 0.3 is 0 Å². The van der Waals surface area contributed by atoms with E-state index in [-0.39, 0.29) is 6.79 Å². The number of rotatable bonds is 4. The van der Waals surface area contributed by atoms with E-state index >= 15 is 0 Å². The van der Waals surface area contributed by atoms with Gasteiger partial charge in [0.25, 0.3) is 0 Å². The average Bonchev–Trinajstić information content (AvgIpc) is 2.89. The van der Waals surface area contributed by atoms with Gasteiger partial charge in [-0.3, -0.25) is 0 Å². The highest BCUT2D eigenvalue weighted by Gasteiger charge is 2.05. The number of H-pyrrole nitrogens is 1. The Morgan fingerprint density at radius 2 is 2.00 bits per heavy atom. The molecular formula is C15H14N2O2. The summed E-state index contributed by atoms with van der Waals surface area (Å²) in [6.45, 7) is 0.240. The van der Waals surface area contributed by atoms with E-state index in [1.165, 1.54) is 0 Å². The SMILES string of the molecule is COCOc1cccc(-c2nc3ccccc3[nH]2)c1. The maximum absolute atomic E-state index is 5.43. The van der Waals surface area contributed by atoms with Gasteiger partial charge in [-0.2, -0.15) is 0 Å². The zero-order valence-corrected chi connectivity index (χ0v) is 10.6. The zero-order chi connectivity index (χ0) is 13.1. The van der Waals surface area contributed by atoms with Crippen LogP contribution in [0.5, 0.6) is 5.75 Å². The standard InChI is InChI=1S/C15H14N2O2/c1-18-10-19-12-6-4-5-11(9-12)15-16-13-7-2-3-8-14(13)17-15/h2-9H,10H2,1H3,(H,16,17). The summed E-state index contributed by atoms with van der Waals surface area (Å²) >= 11 is 0. The summed E-state index contributed by atoms with van der Waals surface area (Å²) in [4.78, 5) is 7.86. The summed E-state index contributed by atoms with van der Waals surface area (Å²) in [7, 11) is 1.60. The average molecular weight is 254 g/mol. The number of benzene rings is 2. The molecule has 1 aromatic heterocycles. The second-order valence-corrected chi connectivity index (χ2v) is 4.18. The normalized spacial score (nSPS) is 10.8. The van der Waals surface area contributed by atoms with Crippen LogP contribution in [0.4, 0.5) is 0 Å². The van der Waals surface area contributed by atoms with Crippen LogP contribution < -0.4 is 4.74 Å². The minimum absolute atomic E-state index is 0.240. The third-order valence-electron chi connectivity index (χ3n) is 2.84. The van der Waals surface area contributed by atoms with E-state index in [9.17, 15) is 0 Å². The summed E-state index contributed by atoms with van der Waals surface area (Å²) in [6.07, 6.45) is 0. The lowest BCUT2D eigenvalue weighted by molar-refractivity contribution is 0.0511. The molecule has 1 heterocycles. The lowest BCUT2D eigenvalue weighted by Gasteiger charge is -2.05. The number of ether oxygens (including phenoxy) is 2. The van der Waals surface area contributed by atoms with Crippen LogP contribution in [0.2, 0.25) is 0 Å². The number of hydrogen-bond donors (Lipinski definition) is 1. The second-order valence-electron chi connectivity index (χ2n) is 4.18. The van der Waals surface area contributed by atoms with Crippen molar-refractivity contribution in [2.45, 2.75) is 0 Å². The Morgan fingerprint density at radius 3 is 2.84 bits per heavy atom. The van der Waals surface area contributed by atoms with Crippen LogP contribution in [0.1, 0.15) is 0 Å². The lowest BCUT2D eigenvalue weighted by Crippen LogP contribution is -1.98. The number of aromatic nitrogens is 2. The zero-order valence-electron chi connectivity index (χ0n) is 10.6. The van der Waals surface area contributed by atoms with Gasteiger partial charge in [-0.1, -0.05) is 24.3 Å². The first-order valence-electron chi connectivity index (χ1n) is 6.04. The monoisotopic (exact) mass is 254 g/mol. The van der Waals surface area contributed by atoms with Gasteiger partial charge in [-0.15, -0.1) is 0 Å². The highest BCUT2D eigenvalue weighted by Crippen LogP contribution is 2.23. The number of fused-ring (bicyclic) bond motifs is 1. The Kier molecular flexibility index (Phi) is 3.16. The second kappa shape index (κ2) is 5.12. The molecule has 0 aliphatic heterocycles. The fourth-order valence-corrected chi connectivity index (χ4v) is 1.95. The molecule has 1 N–H and O–H groups in total. The summed E-state index contributed by atoms with van der Waals surface area (Å²) in [5, 5.41) is 0. The van der Waals surface area contributed by atoms with Crippen LogP contribution in [-0.4, -0.2) is 23.9 Å². The summed E-state index contributed by atoms with van der Waals surface area (Å²) in [5.74, 6) is 1.60. The molecule has 0 amide bonds. The molecule has 0 aliphatic carbocycles. The summed E-state index contributed by atoms with van der Waals surface area (Å²) in [5.41, 5.74) is 2.98. The number of aromatic amines is 1. The van der Waals surface area contributed by atoms with E-state index in [0.29, 0.717) is 0 Å². The molecule has 0 unspecified atom stereocenters. The van der Waals surface area contributed by atoms with Gasteiger partial charge < -0.3 is 14.5 Å². The molecule has 0 atom stereocenters. The van der Waals surface area contributed by atoms with Crippen LogP contribution in [0.15, 0.2) is 48.5 Å². The highest BCUT2D eigenvalue weighted by molar-refractivity contribution is 5.79. The molecule has 0 spiro atoms. The van der Waals surface area contributed by atoms with E-state index in [2.05, 4.69) is 9.97 Å². The van der Waals surface area contributed by atoms with Crippen molar-refractivity contribution in [3.8, 4) is 17.1 Å². The van der Waals surface area contributed by atoms with Crippen LogP contribution in [0, 0.1) is 0 Å². The molecule has 0 saturated heterocycles. The lowest BCUT2D eigenvalue weighted by atomic mass is 10.2. The van der Waals surface area contributed by atoms with E-state index in [1.807, 2.05) is 48.5 Å². The van der Waals surface area contributed by atoms with E-state index in [0.717, 1.165) is 28.2 Å². The first-order chi connectivity index (χ1) is 9.36. The van der Waals surface area contributed by atoms with Crippen LogP contribution in [0.3, 0.4) is 0 Å². The van der Waals surface area contributed by atoms with Crippen LogP contribution in [0.25, 0.3) is 22.4 Å².